The predicted molar refractivity (Wildman–Crippen MR) is 64.5 cm³/mol. The van der Waals surface area contributed by atoms with Crippen LogP contribution < -0.4 is 0 Å². The standard InChI is InChI=1S/C12H6Cl2N2/c13-10-3-1-9(12(14)7-10)2-4-11-8-15-5-6-16-11/h1,3,5-8H. The molecule has 4 heteroatoms. The summed E-state index contributed by atoms with van der Waals surface area (Å²) in [6.45, 7) is 0. The van der Waals surface area contributed by atoms with Gasteiger partial charge in [-0.15, -0.1) is 0 Å². The summed E-state index contributed by atoms with van der Waals surface area (Å²) in [5.41, 5.74) is 1.32. The highest BCUT2D eigenvalue weighted by Gasteiger charge is 1.97. The largest absolute Gasteiger partial charge is 0.260 e. The van der Waals surface area contributed by atoms with Crippen LogP contribution in [0.5, 0.6) is 0 Å². The van der Waals surface area contributed by atoms with E-state index >= 15 is 0 Å². The first-order valence-electron chi connectivity index (χ1n) is 4.49. The van der Waals surface area contributed by atoms with Crippen LogP contribution in [0.15, 0.2) is 36.8 Å². The second-order valence-corrected chi connectivity index (χ2v) is 3.81. The molecular weight excluding hydrogens is 243 g/mol. The molecule has 0 spiro atoms. The molecule has 2 nitrogen and oxygen atoms in total. The summed E-state index contributed by atoms with van der Waals surface area (Å²) in [6, 6.07) is 5.17. The third-order valence-corrected chi connectivity index (χ3v) is 2.37. The van der Waals surface area contributed by atoms with Crippen molar-refractivity contribution in [1.82, 2.24) is 9.97 Å². The average molecular weight is 249 g/mol. The predicted octanol–water partition coefficient (Wildman–Crippen LogP) is 3.18. The van der Waals surface area contributed by atoms with Crippen molar-refractivity contribution < 1.29 is 0 Å². The van der Waals surface area contributed by atoms with Gasteiger partial charge in [0.2, 0.25) is 0 Å². The van der Waals surface area contributed by atoms with Crippen LogP contribution >= 0.6 is 23.2 Å². The highest BCUT2D eigenvalue weighted by molar-refractivity contribution is 6.35. The number of hydrogen-bond acceptors (Lipinski definition) is 2. The minimum absolute atomic E-state index is 0.531. The Morgan fingerprint density at radius 3 is 2.62 bits per heavy atom. The van der Waals surface area contributed by atoms with Crippen molar-refractivity contribution in [2.24, 2.45) is 0 Å². The lowest BCUT2D eigenvalue weighted by atomic mass is 10.2. The fourth-order valence-corrected chi connectivity index (χ4v) is 1.54. The smallest absolute Gasteiger partial charge is 0.131 e. The van der Waals surface area contributed by atoms with Gasteiger partial charge in [-0.05, 0) is 24.1 Å². The van der Waals surface area contributed by atoms with Crippen LogP contribution in [-0.2, 0) is 0 Å². The minimum Gasteiger partial charge on any atom is -0.260 e. The van der Waals surface area contributed by atoms with Gasteiger partial charge in [-0.25, -0.2) is 4.98 Å². The zero-order valence-electron chi connectivity index (χ0n) is 8.11. The molecule has 0 bridgehead atoms. The molecule has 0 aliphatic rings. The Morgan fingerprint density at radius 2 is 1.94 bits per heavy atom. The highest BCUT2D eigenvalue weighted by atomic mass is 35.5. The lowest BCUT2D eigenvalue weighted by molar-refractivity contribution is 1.17. The van der Waals surface area contributed by atoms with Crippen molar-refractivity contribution >= 4 is 23.2 Å². The molecule has 0 unspecified atom stereocenters. The number of benzene rings is 1. The molecule has 0 N–H and O–H groups in total. The molecule has 0 amide bonds. The van der Waals surface area contributed by atoms with Crippen molar-refractivity contribution in [3.8, 4) is 11.8 Å². The van der Waals surface area contributed by atoms with Gasteiger partial charge in [0.25, 0.3) is 0 Å². The van der Waals surface area contributed by atoms with Gasteiger partial charge in [0, 0.05) is 23.0 Å². The summed E-state index contributed by atoms with van der Waals surface area (Å²) in [7, 11) is 0. The molecule has 2 rings (SSSR count). The third-order valence-electron chi connectivity index (χ3n) is 1.82. The van der Waals surface area contributed by atoms with E-state index in [-0.39, 0.29) is 0 Å². The van der Waals surface area contributed by atoms with Gasteiger partial charge < -0.3 is 0 Å². The maximum atomic E-state index is 5.97. The van der Waals surface area contributed by atoms with E-state index in [0.29, 0.717) is 15.7 Å². The quantitative estimate of drug-likeness (QED) is 0.670. The fraction of sp³-hybridized carbons (Fsp3) is 0. The van der Waals surface area contributed by atoms with Crippen LogP contribution in [0.4, 0.5) is 0 Å². The summed E-state index contributed by atoms with van der Waals surface area (Å²) in [5.74, 6) is 5.78. The Kier molecular flexibility index (Phi) is 3.40. The number of nitrogens with zero attached hydrogens (tertiary/aromatic N) is 2. The fourth-order valence-electron chi connectivity index (χ4n) is 1.09. The Morgan fingerprint density at radius 1 is 1.06 bits per heavy atom. The van der Waals surface area contributed by atoms with Gasteiger partial charge in [-0.2, -0.15) is 0 Å². The molecule has 0 saturated carbocycles. The van der Waals surface area contributed by atoms with Crippen molar-refractivity contribution in [2.45, 2.75) is 0 Å². The minimum atomic E-state index is 0.531. The van der Waals surface area contributed by atoms with Gasteiger partial charge >= 0.3 is 0 Å². The van der Waals surface area contributed by atoms with E-state index in [2.05, 4.69) is 21.8 Å². The molecule has 1 aromatic carbocycles. The Balaban J connectivity index is 2.31. The van der Waals surface area contributed by atoms with Crippen LogP contribution in [-0.4, -0.2) is 9.97 Å². The van der Waals surface area contributed by atoms with Crippen LogP contribution in [0.2, 0.25) is 10.0 Å². The molecule has 0 radical (unpaired) electrons. The van der Waals surface area contributed by atoms with Gasteiger partial charge in [0.15, 0.2) is 0 Å². The molecule has 78 valence electrons. The SMILES string of the molecule is Clc1ccc(C#Cc2cnccn2)c(Cl)c1. The molecule has 1 aromatic heterocycles. The van der Waals surface area contributed by atoms with Gasteiger partial charge in [-0.3, -0.25) is 4.98 Å². The van der Waals surface area contributed by atoms with Crippen molar-refractivity contribution in [1.29, 1.82) is 0 Å². The molecule has 2 aromatic rings. The first kappa shape index (κ1) is 10.9. The summed E-state index contributed by atoms with van der Waals surface area (Å²) in [4.78, 5) is 7.95. The van der Waals surface area contributed by atoms with Crippen LogP contribution in [0.1, 0.15) is 11.3 Å². The monoisotopic (exact) mass is 248 g/mol. The van der Waals surface area contributed by atoms with Gasteiger partial charge in [0.1, 0.15) is 5.69 Å². The molecule has 16 heavy (non-hydrogen) atoms. The normalized spacial score (nSPS) is 9.38. The Bertz CT molecular complexity index is 556. The lowest BCUT2D eigenvalue weighted by Gasteiger charge is -1.95. The van der Waals surface area contributed by atoms with Gasteiger partial charge in [0.05, 0.1) is 11.2 Å². The van der Waals surface area contributed by atoms with E-state index in [1.54, 1.807) is 36.8 Å². The van der Waals surface area contributed by atoms with Crippen molar-refractivity contribution in [3.05, 3.63) is 58.1 Å². The molecule has 1 heterocycles. The van der Waals surface area contributed by atoms with E-state index in [1.807, 2.05) is 0 Å². The van der Waals surface area contributed by atoms with Crippen molar-refractivity contribution in [2.75, 3.05) is 0 Å². The first-order chi connectivity index (χ1) is 7.75. The van der Waals surface area contributed by atoms with E-state index in [0.717, 1.165) is 5.56 Å². The molecular formula is C12H6Cl2N2. The highest BCUT2D eigenvalue weighted by Crippen LogP contribution is 2.19. The molecule has 0 atom stereocenters. The maximum absolute atomic E-state index is 5.97. The van der Waals surface area contributed by atoms with Gasteiger partial charge in [-0.1, -0.05) is 29.1 Å². The average Bonchev–Trinajstić information content (AvgIpc) is 2.29. The third kappa shape index (κ3) is 2.73. The first-order valence-corrected chi connectivity index (χ1v) is 5.24. The number of halogens is 2. The summed E-state index contributed by atoms with van der Waals surface area (Å²) in [5, 5.41) is 1.12. The number of hydrogen-bond donors (Lipinski definition) is 0. The Labute approximate surface area is 103 Å². The maximum Gasteiger partial charge on any atom is 0.131 e. The second kappa shape index (κ2) is 4.98. The second-order valence-electron chi connectivity index (χ2n) is 2.96. The van der Waals surface area contributed by atoms with Crippen LogP contribution in [0.3, 0.4) is 0 Å². The zero-order valence-corrected chi connectivity index (χ0v) is 9.63. The van der Waals surface area contributed by atoms with Crippen LogP contribution in [0, 0.1) is 11.8 Å². The van der Waals surface area contributed by atoms with E-state index in [4.69, 9.17) is 23.2 Å². The topological polar surface area (TPSA) is 25.8 Å². The van der Waals surface area contributed by atoms with Crippen molar-refractivity contribution in [3.63, 3.8) is 0 Å². The van der Waals surface area contributed by atoms with E-state index in [1.165, 1.54) is 0 Å². The van der Waals surface area contributed by atoms with E-state index < -0.39 is 0 Å². The summed E-state index contributed by atoms with van der Waals surface area (Å²) >= 11 is 11.8. The summed E-state index contributed by atoms with van der Waals surface area (Å²) in [6.07, 6.45) is 4.78. The number of aromatic nitrogens is 2. The number of rotatable bonds is 0. The Hall–Kier alpha value is -1.56. The molecule has 0 aliphatic carbocycles. The van der Waals surface area contributed by atoms with E-state index in [9.17, 15) is 0 Å². The molecule has 0 saturated heterocycles. The summed E-state index contributed by atoms with van der Waals surface area (Å²) < 4.78 is 0. The molecule has 0 aliphatic heterocycles. The van der Waals surface area contributed by atoms with Crippen LogP contribution in [0.25, 0.3) is 0 Å². The molecule has 0 fully saturated rings. The lowest BCUT2D eigenvalue weighted by Crippen LogP contribution is -1.83. The zero-order chi connectivity index (χ0) is 11.4.